The van der Waals surface area contributed by atoms with Crippen LogP contribution in [0.4, 0.5) is 14.9 Å². The third kappa shape index (κ3) is 5.04. The molecule has 1 unspecified atom stereocenters. The number of hydrogen-bond acceptors (Lipinski definition) is 3. The molecule has 1 aromatic carbocycles. The number of hydrogen-bond donors (Lipinski definition) is 2. The average Bonchev–Trinajstić information content (AvgIpc) is 2.28. The second kappa shape index (κ2) is 6.21. The van der Waals surface area contributed by atoms with Crippen LogP contribution in [0, 0.1) is 0 Å². The first-order chi connectivity index (χ1) is 8.73. The Labute approximate surface area is 117 Å². The molecule has 0 fully saturated rings. The van der Waals surface area contributed by atoms with Gasteiger partial charge in [-0.25, -0.2) is 9.18 Å². The Hall–Kier alpha value is -1.33. The minimum Gasteiger partial charge on any atom is -0.444 e. The third-order valence-corrected chi connectivity index (χ3v) is 2.51. The van der Waals surface area contributed by atoms with Crippen LogP contribution >= 0.6 is 11.6 Å². The SMILES string of the molecule is CC(C)(C)OC(=O)Nc1ccc(C(F)CN)cc1Cl. The zero-order valence-electron chi connectivity index (χ0n) is 11.2. The summed E-state index contributed by atoms with van der Waals surface area (Å²) in [7, 11) is 0. The molecule has 1 aromatic rings. The van der Waals surface area contributed by atoms with Crippen molar-refractivity contribution < 1.29 is 13.9 Å². The normalized spacial score (nSPS) is 12.9. The maximum Gasteiger partial charge on any atom is 0.412 e. The Morgan fingerprint density at radius 2 is 2.16 bits per heavy atom. The van der Waals surface area contributed by atoms with E-state index in [1.807, 2.05) is 0 Å². The Kier molecular flexibility index (Phi) is 5.14. The second-order valence-electron chi connectivity index (χ2n) is 5.07. The largest absolute Gasteiger partial charge is 0.444 e. The molecule has 1 rings (SSSR count). The zero-order valence-corrected chi connectivity index (χ0v) is 11.9. The molecule has 0 bridgehead atoms. The molecule has 0 aliphatic heterocycles. The third-order valence-electron chi connectivity index (χ3n) is 2.20. The number of carbonyl (C=O) groups excluding carboxylic acids is 1. The molecule has 0 aromatic heterocycles. The van der Waals surface area contributed by atoms with E-state index in [1.54, 1.807) is 20.8 Å². The van der Waals surface area contributed by atoms with Gasteiger partial charge in [0, 0.05) is 6.54 Å². The molecule has 1 amide bonds. The van der Waals surface area contributed by atoms with Crippen LogP contribution in [-0.2, 0) is 4.74 Å². The smallest absolute Gasteiger partial charge is 0.412 e. The molecule has 0 aliphatic carbocycles. The minimum atomic E-state index is -1.27. The van der Waals surface area contributed by atoms with Gasteiger partial charge in [0.05, 0.1) is 10.7 Å². The first kappa shape index (κ1) is 15.7. The highest BCUT2D eigenvalue weighted by Gasteiger charge is 2.17. The van der Waals surface area contributed by atoms with Crippen molar-refractivity contribution >= 4 is 23.4 Å². The molecule has 0 spiro atoms. The summed E-state index contributed by atoms with van der Waals surface area (Å²) in [6.07, 6.45) is -1.88. The van der Waals surface area contributed by atoms with Gasteiger partial charge in [0.1, 0.15) is 11.8 Å². The maximum atomic E-state index is 13.4. The first-order valence-corrected chi connectivity index (χ1v) is 6.24. The predicted octanol–water partition coefficient (Wildman–Crippen LogP) is 3.66. The van der Waals surface area contributed by atoms with E-state index in [-0.39, 0.29) is 11.6 Å². The second-order valence-corrected chi connectivity index (χ2v) is 5.48. The van der Waals surface area contributed by atoms with Crippen molar-refractivity contribution in [2.45, 2.75) is 32.5 Å². The lowest BCUT2D eigenvalue weighted by Crippen LogP contribution is -2.27. The van der Waals surface area contributed by atoms with E-state index in [2.05, 4.69) is 5.32 Å². The molecule has 0 aliphatic rings. The molecule has 106 valence electrons. The fourth-order valence-corrected chi connectivity index (χ4v) is 1.61. The molecular formula is C13H18ClFN2O2. The van der Waals surface area contributed by atoms with Crippen LogP contribution in [0.25, 0.3) is 0 Å². The maximum absolute atomic E-state index is 13.4. The van der Waals surface area contributed by atoms with Gasteiger partial charge in [-0.15, -0.1) is 0 Å². The van der Waals surface area contributed by atoms with Crippen LogP contribution in [0.1, 0.15) is 32.5 Å². The molecule has 6 heteroatoms. The number of nitrogens with one attached hydrogen (secondary N) is 1. The van der Waals surface area contributed by atoms with Gasteiger partial charge in [0.15, 0.2) is 0 Å². The summed E-state index contributed by atoms with van der Waals surface area (Å²) in [5, 5.41) is 2.74. The molecule has 19 heavy (non-hydrogen) atoms. The molecule has 4 nitrogen and oxygen atoms in total. The number of benzene rings is 1. The number of rotatable bonds is 3. The highest BCUT2D eigenvalue weighted by molar-refractivity contribution is 6.33. The van der Waals surface area contributed by atoms with Crippen molar-refractivity contribution in [2.24, 2.45) is 5.73 Å². The van der Waals surface area contributed by atoms with Crippen molar-refractivity contribution in [1.82, 2.24) is 0 Å². The van der Waals surface area contributed by atoms with E-state index >= 15 is 0 Å². The molecule has 3 N–H and O–H groups in total. The average molecular weight is 289 g/mol. The van der Waals surface area contributed by atoms with Gasteiger partial charge in [-0.2, -0.15) is 0 Å². The lowest BCUT2D eigenvalue weighted by molar-refractivity contribution is 0.0636. The Bertz CT molecular complexity index is 460. The van der Waals surface area contributed by atoms with Crippen molar-refractivity contribution in [3.8, 4) is 0 Å². The highest BCUT2D eigenvalue weighted by atomic mass is 35.5. The van der Waals surface area contributed by atoms with E-state index in [9.17, 15) is 9.18 Å². The van der Waals surface area contributed by atoms with E-state index in [1.165, 1.54) is 18.2 Å². The van der Waals surface area contributed by atoms with Gasteiger partial charge in [-0.3, -0.25) is 5.32 Å². The van der Waals surface area contributed by atoms with E-state index in [4.69, 9.17) is 22.1 Å². The number of halogens is 2. The summed E-state index contributed by atoms with van der Waals surface area (Å²) in [4.78, 5) is 11.6. The topological polar surface area (TPSA) is 64.3 Å². The molecular weight excluding hydrogens is 271 g/mol. The van der Waals surface area contributed by atoms with Crippen LogP contribution in [0.2, 0.25) is 5.02 Å². The summed E-state index contributed by atoms with van der Waals surface area (Å²) < 4.78 is 18.5. The lowest BCUT2D eigenvalue weighted by Gasteiger charge is -2.20. The Balaban J connectivity index is 2.78. The monoisotopic (exact) mass is 288 g/mol. The summed E-state index contributed by atoms with van der Waals surface area (Å²) in [5.41, 5.74) is 5.38. The van der Waals surface area contributed by atoms with E-state index in [0.717, 1.165) is 0 Å². The van der Waals surface area contributed by atoms with Gasteiger partial charge in [0.2, 0.25) is 0 Å². The van der Waals surface area contributed by atoms with Crippen LogP contribution in [0.3, 0.4) is 0 Å². The first-order valence-electron chi connectivity index (χ1n) is 5.86. The van der Waals surface area contributed by atoms with Gasteiger partial charge in [-0.05, 0) is 38.5 Å². The summed E-state index contributed by atoms with van der Waals surface area (Å²) in [6, 6.07) is 4.48. The molecule has 0 heterocycles. The van der Waals surface area contributed by atoms with E-state index < -0.39 is 17.9 Å². The number of carbonyl (C=O) groups is 1. The minimum absolute atomic E-state index is 0.116. The van der Waals surface area contributed by atoms with Crippen molar-refractivity contribution in [1.29, 1.82) is 0 Å². The quantitative estimate of drug-likeness (QED) is 0.892. The Morgan fingerprint density at radius 1 is 1.53 bits per heavy atom. The van der Waals surface area contributed by atoms with Gasteiger partial charge in [-0.1, -0.05) is 17.7 Å². The molecule has 0 radical (unpaired) electrons. The number of alkyl halides is 1. The summed E-state index contributed by atoms with van der Waals surface area (Å²) >= 11 is 5.97. The number of amides is 1. The standard InChI is InChI=1S/C13H18ClFN2O2/c1-13(2,3)19-12(18)17-11-5-4-8(6-9(11)14)10(15)7-16/h4-6,10H,7,16H2,1-3H3,(H,17,18). The molecule has 1 atom stereocenters. The van der Waals surface area contributed by atoms with Gasteiger partial charge >= 0.3 is 6.09 Å². The fraction of sp³-hybridized carbons (Fsp3) is 0.462. The van der Waals surface area contributed by atoms with Crippen LogP contribution in [0.5, 0.6) is 0 Å². The number of nitrogens with two attached hydrogens (primary N) is 1. The summed E-state index contributed by atoms with van der Waals surface area (Å²) in [5.74, 6) is 0. The highest BCUT2D eigenvalue weighted by Crippen LogP contribution is 2.27. The lowest BCUT2D eigenvalue weighted by atomic mass is 10.1. The number of ether oxygens (including phenoxy) is 1. The van der Waals surface area contributed by atoms with E-state index in [0.29, 0.717) is 11.3 Å². The van der Waals surface area contributed by atoms with Crippen molar-refractivity contribution in [3.05, 3.63) is 28.8 Å². The van der Waals surface area contributed by atoms with Crippen LogP contribution in [0.15, 0.2) is 18.2 Å². The van der Waals surface area contributed by atoms with Crippen molar-refractivity contribution in [3.63, 3.8) is 0 Å². The zero-order chi connectivity index (χ0) is 14.6. The number of anilines is 1. The molecule has 0 saturated heterocycles. The van der Waals surface area contributed by atoms with Crippen LogP contribution in [-0.4, -0.2) is 18.2 Å². The van der Waals surface area contributed by atoms with Crippen molar-refractivity contribution in [2.75, 3.05) is 11.9 Å². The fourth-order valence-electron chi connectivity index (χ4n) is 1.38. The van der Waals surface area contributed by atoms with Gasteiger partial charge < -0.3 is 10.5 Å². The Morgan fingerprint density at radius 3 is 2.63 bits per heavy atom. The summed E-state index contributed by atoms with van der Waals surface area (Å²) in [6.45, 7) is 5.15. The van der Waals surface area contributed by atoms with Crippen LogP contribution < -0.4 is 11.1 Å². The van der Waals surface area contributed by atoms with Gasteiger partial charge in [0.25, 0.3) is 0 Å². The predicted molar refractivity (Wildman–Crippen MR) is 74.2 cm³/mol. The molecule has 0 saturated carbocycles.